The molecule has 2 N–H and O–H groups in total. The number of aliphatic hydroxyl groups is 1. The first-order valence-electron chi connectivity index (χ1n) is 7.58. The molecule has 1 atom stereocenters. The van der Waals surface area contributed by atoms with Crippen LogP contribution in [0.5, 0.6) is 5.75 Å². The van der Waals surface area contributed by atoms with E-state index in [4.69, 9.17) is 0 Å². The molecule has 0 radical (unpaired) electrons. The van der Waals surface area contributed by atoms with Crippen LogP contribution in [0.15, 0.2) is 17.7 Å². The predicted octanol–water partition coefficient (Wildman–Crippen LogP) is 4.77. The van der Waals surface area contributed by atoms with Crippen molar-refractivity contribution in [2.75, 3.05) is 0 Å². The summed E-state index contributed by atoms with van der Waals surface area (Å²) in [5.41, 5.74) is 3.57. The summed E-state index contributed by atoms with van der Waals surface area (Å²) in [6, 6.07) is 4.05. The summed E-state index contributed by atoms with van der Waals surface area (Å²) in [5, 5.41) is 20.3. The van der Waals surface area contributed by atoms with Gasteiger partial charge < -0.3 is 10.2 Å². The van der Waals surface area contributed by atoms with Crippen LogP contribution in [0.25, 0.3) is 6.08 Å². The molecule has 1 unspecified atom stereocenters. The number of rotatable bonds is 2. The van der Waals surface area contributed by atoms with Crippen LogP contribution >= 0.6 is 0 Å². The van der Waals surface area contributed by atoms with E-state index in [1.165, 1.54) is 0 Å². The molecular weight excluding hydrogens is 260 g/mol. The first-order chi connectivity index (χ1) is 9.34. The van der Waals surface area contributed by atoms with Gasteiger partial charge in [-0.1, -0.05) is 47.6 Å². The van der Waals surface area contributed by atoms with Crippen LogP contribution in [0.1, 0.15) is 72.1 Å². The van der Waals surface area contributed by atoms with E-state index in [9.17, 15) is 10.2 Å². The highest BCUT2D eigenvalue weighted by Crippen LogP contribution is 2.40. The number of phenolic OH excluding ortho intramolecular Hbond substituents is 1. The van der Waals surface area contributed by atoms with Crippen molar-refractivity contribution >= 4 is 6.08 Å². The quantitative estimate of drug-likeness (QED) is 0.823. The van der Waals surface area contributed by atoms with Gasteiger partial charge in [-0.2, -0.15) is 0 Å². The minimum atomic E-state index is -0.463. The van der Waals surface area contributed by atoms with E-state index in [2.05, 4.69) is 41.5 Å². The Labute approximate surface area is 129 Å². The zero-order valence-corrected chi connectivity index (χ0v) is 14.7. The van der Waals surface area contributed by atoms with Gasteiger partial charge in [0, 0.05) is 11.1 Å². The number of hydrogen-bond acceptors (Lipinski definition) is 2. The van der Waals surface area contributed by atoms with Crippen LogP contribution in [-0.4, -0.2) is 16.3 Å². The van der Waals surface area contributed by atoms with E-state index < -0.39 is 6.10 Å². The predicted molar refractivity (Wildman–Crippen MR) is 90.8 cm³/mol. The summed E-state index contributed by atoms with van der Waals surface area (Å²) in [6.45, 7) is 16.3. The standard InChI is InChI=1S/C19H30O2/c1-12(13(2)20)9-14-10-15(18(3,4)5)17(21)16(11-14)19(6,7)8/h9-11,13,20-21H,1-8H3. The molecule has 118 valence electrons. The molecule has 2 nitrogen and oxygen atoms in total. The average molecular weight is 290 g/mol. The Morgan fingerprint density at radius 1 is 1.00 bits per heavy atom. The third kappa shape index (κ3) is 4.34. The largest absolute Gasteiger partial charge is 0.507 e. The zero-order valence-electron chi connectivity index (χ0n) is 14.7. The van der Waals surface area contributed by atoms with E-state index in [0.29, 0.717) is 5.75 Å². The third-order valence-electron chi connectivity index (χ3n) is 3.80. The normalized spacial score (nSPS) is 15.2. The molecule has 1 aromatic rings. The Bertz CT molecular complexity index is 503. The Morgan fingerprint density at radius 3 is 1.67 bits per heavy atom. The Hall–Kier alpha value is -1.28. The number of phenols is 1. The summed E-state index contributed by atoms with van der Waals surface area (Å²) in [4.78, 5) is 0. The van der Waals surface area contributed by atoms with Crippen molar-refractivity contribution in [2.45, 2.75) is 72.3 Å². The molecule has 0 amide bonds. The maximum Gasteiger partial charge on any atom is 0.123 e. The highest BCUT2D eigenvalue weighted by Gasteiger charge is 2.26. The Balaban J connectivity index is 3.59. The molecule has 2 heteroatoms. The minimum Gasteiger partial charge on any atom is -0.507 e. The van der Waals surface area contributed by atoms with Gasteiger partial charge in [-0.25, -0.2) is 0 Å². The van der Waals surface area contributed by atoms with E-state index in [-0.39, 0.29) is 10.8 Å². The molecule has 0 aliphatic rings. The van der Waals surface area contributed by atoms with E-state index in [1.807, 2.05) is 25.1 Å². The second-order valence-electron chi connectivity index (χ2n) is 8.03. The first kappa shape index (κ1) is 17.8. The molecule has 0 heterocycles. The van der Waals surface area contributed by atoms with Crippen molar-refractivity contribution in [1.82, 2.24) is 0 Å². The van der Waals surface area contributed by atoms with Crippen LogP contribution < -0.4 is 0 Å². The third-order valence-corrected chi connectivity index (χ3v) is 3.80. The van der Waals surface area contributed by atoms with Crippen molar-refractivity contribution in [3.8, 4) is 5.75 Å². The smallest absolute Gasteiger partial charge is 0.123 e. The topological polar surface area (TPSA) is 40.5 Å². The highest BCUT2D eigenvalue weighted by molar-refractivity contribution is 5.61. The second kappa shape index (κ2) is 5.84. The van der Waals surface area contributed by atoms with Crippen LogP contribution in [-0.2, 0) is 10.8 Å². The van der Waals surface area contributed by atoms with Gasteiger partial charge in [0.05, 0.1) is 6.10 Å². The molecule has 1 rings (SSSR count). The first-order valence-corrected chi connectivity index (χ1v) is 7.58. The molecule has 0 aliphatic heterocycles. The lowest BCUT2D eigenvalue weighted by Crippen LogP contribution is -2.17. The van der Waals surface area contributed by atoms with E-state index in [0.717, 1.165) is 22.3 Å². The molecule has 0 saturated heterocycles. The minimum absolute atomic E-state index is 0.132. The van der Waals surface area contributed by atoms with Gasteiger partial charge in [-0.05, 0) is 47.9 Å². The number of aliphatic hydroxyl groups excluding tert-OH is 1. The number of benzene rings is 1. The fourth-order valence-electron chi connectivity index (χ4n) is 2.27. The van der Waals surface area contributed by atoms with Crippen molar-refractivity contribution in [1.29, 1.82) is 0 Å². The van der Waals surface area contributed by atoms with Gasteiger partial charge in [0.25, 0.3) is 0 Å². The molecule has 0 saturated carbocycles. The molecular formula is C19H30O2. The van der Waals surface area contributed by atoms with Crippen LogP contribution in [0, 0.1) is 0 Å². The van der Waals surface area contributed by atoms with Crippen molar-refractivity contribution in [3.63, 3.8) is 0 Å². The maximum absolute atomic E-state index is 10.7. The van der Waals surface area contributed by atoms with Crippen molar-refractivity contribution in [2.24, 2.45) is 0 Å². The highest BCUT2D eigenvalue weighted by atomic mass is 16.3. The van der Waals surface area contributed by atoms with Crippen LogP contribution in [0.2, 0.25) is 0 Å². The summed E-state index contributed by atoms with van der Waals surface area (Å²) >= 11 is 0. The lowest BCUT2D eigenvalue weighted by molar-refractivity contribution is 0.232. The van der Waals surface area contributed by atoms with E-state index in [1.54, 1.807) is 6.92 Å². The molecule has 0 aromatic heterocycles. The molecule has 0 bridgehead atoms. The Kier molecular flexibility index (Phi) is 4.94. The molecule has 0 spiro atoms. The molecule has 0 fully saturated rings. The van der Waals surface area contributed by atoms with E-state index >= 15 is 0 Å². The molecule has 21 heavy (non-hydrogen) atoms. The summed E-state index contributed by atoms with van der Waals surface area (Å²) in [6.07, 6.45) is 1.53. The van der Waals surface area contributed by atoms with Gasteiger partial charge >= 0.3 is 0 Å². The van der Waals surface area contributed by atoms with Crippen LogP contribution in [0.4, 0.5) is 0 Å². The van der Waals surface area contributed by atoms with Gasteiger partial charge in [0.2, 0.25) is 0 Å². The van der Waals surface area contributed by atoms with Gasteiger partial charge in [0.1, 0.15) is 5.75 Å². The molecule has 1 aromatic carbocycles. The number of hydrogen-bond donors (Lipinski definition) is 2. The summed E-state index contributed by atoms with van der Waals surface area (Å²) < 4.78 is 0. The van der Waals surface area contributed by atoms with Crippen molar-refractivity contribution in [3.05, 3.63) is 34.4 Å². The summed E-state index contributed by atoms with van der Waals surface area (Å²) in [5.74, 6) is 0.391. The molecule has 0 aliphatic carbocycles. The number of aromatic hydroxyl groups is 1. The zero-order chi connectivity index (χ0) is 16.6. The Morgan fingerprint density at radius 2 is 1.38 bits per heavy atom. The lowest BCUT2D eigenvalue weighted by Gasteiger charge is -2.28. The summed E-state index contributed by atoms with van der Waals surface area (Å²) in [7, 11) is 0. The van der Waals surface area contributed by atoms with Gasteiger partial charge in [-0.3, -0.25) is 0 Å². The maximum atomic E-state index is 10.7. The van der Waals surface area contributed by atoms with Gasteiger partial charge in [-0.15, -0.1) is 0 Å². The average Bonchev–Trinajstić information content (AvgIpc) is 2.27. The monoisotopic (exact) mass is 290 g/mol. The fourth-order valence-corrected chi connectivity index (χ4v) is 2.27. The van der Waals surface area contributed by atoms with Crippen LogP contribution in [0.3, 0.4) is 0 Å². The lowest BCUT2D eigenvalue weighted by atomic mass is 9.78. The SMILES string of the molecule is CC(=Cc1cc(C(C)(C)C)c(O)c(C(C)(C)C)c1)C(C)O. The second-order valence-corrected chi connectivity index (χ2v) is 8.03. The van der Waals surface area contributed by atoms with Crippen molar-refractivity contribution < 1.29 is 10.2 Å². The van der Waals surface area contributed by atoms with Gasteiger partial charge in [0.15, 0.2) is 0 Å². The fraction of sp³-hybridized carbons (Fsp3) is 0.579.